The SMILES string of the molecule is Cc1c(NC(=O)O)cccc1[N+](=O)[O-]. The molecule has 0 bridgehead atoms. The third kappa shape index (κ3) is 1.98. The van der Waals surface area contributed by atoms with Crippen molar-refractivity contribution in [2.24, 2.45) is 0 Å². The first kappa shape index (κ1) is 9.97. The van der Waals surface area contributed by atoms with Crippen LogP contribution in [0.3, 0.4) is 0 Å². The topological polar surface area (TPSA) is 92.5 Å². The van der Waals surface area contributed by atoms with E-state index in [1.807, 2.05) is 0 Å². The van der Waals surface area contributed by atoms with Gasteiger partial charge >= 0.3 is 6.09 Å². The zero-order chi connectivity index (χ0) is 10.7. The van der Waals surface area contributed by atoms with Gasteiger partial charge in [0.15, 0.2) is 0 Å². The first-order valence-corrected chi connectivity index (χ1v) is 3.76. The molecule has 0 atom stereocenters. The number of hydrogen-bond acceptors (Lipinski definition) is 3. The van der Waals surface area contributed by atoms with E-state index >= 15 is 0 Å². The number of nitrogens with one attached hydrogen (secondary N) is 1. The number of nitro groups is 1. The summed E-state index contributed by atoms with van der Waals surface area (Å²) < 4.78 is 0. The van der Waals surface area contributed by atoms with E-state index in [2.05, 4.69) is 5.32 Å². The highest BCUT2D eigenvalue weighted by molar-refractivity contribution is 5.84. The summed E-state index contributed by atoms with van der Waals surface area (Å²) in [7, 11) is 0. The van der Waals surface area contributed by atoms with Gasteiger partial charge in [-0.15, -0.1) is 0 Å². The van der Waals surface area contributed by atoms with Crippen molar-refractivity contribution in [2.75, 3.05) is 5.32 Å². The van der Waals surface area contributed by atoms with E-state index < -0.39 is 11.0 Å². The van der Waals surface area contributed by atoms with Crippen molar-refractivity contribution in [3.8, 4) is 0 Å². The van der Waals surface area contributed by atoms with Crippen molar-refractivity contribution >= 4 is 17.5 Å². The summed E-state index contributed by atoms with van der Waals surface area (Å²) in [6.07, 6.45) is -1.24. The van der Waals surface area contributed by atoms with Crippen molar-refractivity contribution in [1.82, 2.24) is 0 Å². The maximum Gasteiger partial charge on any atom is 0.409 e. The van der Waals surface area contributed by atoms with Crippen LogP contribution in [0.25, 0.3) is 0 Å². The summed E-state index contributed by atoms with van der Waals surface area (Å²) in [5.74, 6) is 0. The lowest BCUT2D eigenvalue weighted by molar-refractivity contribution is -0.385. The van der Waals surface area contributed by atoms with E-state index in [1.54, 1.807) is 0 Å². The van der Waals surface area contributed by atoms with Crippen molar-refractivity contribution < 1.29 is 14.8 Å². The van der Waals surface area contributed by atoms with E-state index in [9.17, 15) is 14.9 Å². The van der Waals surface area contributed by atoms with Crippen molar-refractivity contribution in [2.45, 2.75) is 6.92 Å². The molecular weight excluding hydrogens is 188 g/mol. The van der Waals surface area contributed by atoms with Gasteiger partial charge in [-0.05, 0) is 13.0 Å². The van der Waals surface area contributed by atoms with Crippen LogP contribution in [0.2, 0.25) is 0 Å². The normalized spacial score (nSPS) is 9.50. The van der Waals surface area contributed by atoms with Crippen LogP contribution in [0, 0.1) is 17.0 Å². The van der Waals surface area contributed by atoms with Crippen LogP contribution >= 0.6 is 0 Å². The molecule has 1 aromatic carbocycles. The minimum Gasteiger partial charge on any atom is -0.465 e. The van der Waals surface area contributed by atoms with Gasteiger partial charge in [0.2, 0.25) is 0 Å². The van der Waals surface area contributed by atoms with E-state index in [1.165, 1.54) is 25.1 Å². The third-order valence-electron chi connectivity index (χ3n) is 1.74. The summed E-state index contributed by atoms with van der Waals surface area (Å²) in [6.45, 7) is 1.49. The molecule has 0 aliphatic rings. The molecule has 1 aromatic rings. The van der Waals surface area contributed by atoms with Crippen LogP contribution in [0.15, 0.2) is 18.2 Å². The third-order valence-corrected chi connectivity index (χ3v) is 1.74. The molecule has 0 unspecified atom stereocenters. The zero-order valence-corrected chi connectivity index (χ0v) is 7.35. The molecule has 0 spiro atoms. The highest BCUT2D eigenvalue weighted by atomic mass is 16.6. The quantitative estimate of drug-likeness (QED) is 0.558. The highest BCUT2D eigenvalue weighted by Gasteiger charge is 2.13. The molecule has 0 aromatic heterocycles. The molecule has 74 valence electrons. The Morgan fingerprint density at radius 2 is 2.21 bits per heavy atom. The van der Waals surface area contributed by atoms with Gasteiger partial charge in [-0.2, -0.15) is 0 Å². The average Bonchev–Trinajstić information content (AvgIpc) is 2.07. The van der Waals surface area contributed by atoms with Gasteiger partial charge in [0.05, 0.1) is 16.2 Å². The molecule has 0 saturated heterocycles. The minimum absolute atomic E-state index is 0.101. The number of nitro benzene ring substituents is 1. The predicted molar refractivity (Wildman–Crippen MR) is 49.5 cm³/mol. The Kier molecular flexibility index (Phi) is 2.66. The predicted octanol–water partition coefficient (Wildman–Crippen LogP) is 1.99. The van der Waals surface area contributed by atoms with E-state index in [-0.39, 0.29) is 11.4 Å². The van der Waals surface area contributed by atoms with Crippen LogP contribution in [0.1, 0.15) is 5.56 Å². The molecule has 14 heavy (non-hydrogen) atoms. The second-order valence-electron chi connectivity index (χ2n) is 2.64. The average molecular weight is 196 g/mol. The van der Waals surface area contributed by atoms with Crippen LogP contribution in [0.4, 0.5) is 16.2 Å². The number of anilines is 1. The fraction of sp³-hybridized carbons (Fsp3) is 0.125. The van der Waals surface area contributed by atoms with Gasteiger partial charge in [-0.1, -0.05) is 6.07 Å². The first-order valence-electron chi connectivity index (χ1n) is 3.76. The summed E-state index contributed by atoms with van der Waals surface area (Å²) >= 11 is 0. The Morgan fingerprint density at radius 1 is 1.57 bits per heavy atom. The summed E-state index contributed by atoms with van der Waals surface area (Å²) in [4.78, 5) is 20.3. The number of benzene rings is 1. The Labute approximate surface area is 79.3 Å². The lowest BCUT2D eigenvalue weighted by Gasteiger charge is -2.04. The van der Waals surface area contributed by atoms with Crippen LogP contribution in [0.5, 0.6) is 0 Å². The summed E-state index contributed by atoms with van der Waals surface area (Å²) in [6, 6.07) is 4.22. The molecular formula is C8H8N2O4. The van der Waals surface area contributed by atoms with E-state index in [0.29, 0.717) is 5.56 Å². The molecule has 0 aliphatic carbocycles. The fourth-order valence-corrected chi connectivity index (χ4v) is 1.07. The minimum atomic E-state index is -1.24. The van der Waals surface area contributed by atoms with Crippen LogP contribution < -0.4 is 5.32 Å². The molecule has 0 radical (unpaired) electrons. The number of hydrogen-bond donors (Lipinski definition) is 2. The molecule has 0 saturated carbocycles. The van der Waals surface area contributed by atoms with Gasteiger partial charge in [0.25, 0.3) is 5.69 Å². The number of amides is 1. The van der Waals surface area contributed by atoms with Crippen molar-refractivity contribution in [3.05, 3.63) is 33.9 Å². The number of carboxylic acid groups (broad SMARTS) is 1. The Hall–Kier alpha value is -2.11. The number of carbonyl (C=O) groups is 1. The molecule has 6 heteroatoms. The maximum atomic E-state index is 10.5. The van der Waals surface area contributed by atoms with E-state index in [0.717, 1.165) is 0 Å². The van der Waals surface area contributed by atoms with Gasteiger partial charge in [-0.25, -0.2) is 4.79 Å². The summed E-state index contributed by atoms with van der Waals surface area (Å²) in [5.41, 5.74) is 0.433. The Bertz CT molecular complexity index is 389. The van der Waals surface area contributed by atoms with Gasteiger partial charge < -0.3 is 5.11 Å². The molecule has 0 aliphatic heterocycles. The zero-order valence-electron chi connectivity index (χ0n) is 7.35. The molecule has 0 fully saturated rings. The largest absolute Gasteiger partial charge is 0.465 e. The summed E-state index contributed by atoms with van der Waals surface area (Å²) in [5, 5.41) is 21.0. The Balaban J connectivity index is 3.13. The molecule has 1 amide bonds. The second kappa shape index (κ2) is 3.73. The van der Waals surface area contributed by atoms with Gasteiger partial charge in [0.1, 0.15) is 0 Å². The van der Waals surface area contributed by atoms with E-state index in [4.69, 9.17) is 5.11 Å². The Morgan fingerprint density at radius 3 is 2.71 bits per heavy atom. The lowest BCUT2D eigenvalue weighted by atomic mass is 10.1. The number of rotatable bonds is 2. The molecule has 2 N–H and O–H groups in total. The van der Waals surface area contributed by atoms with Crippen molar-refractivity contribution in [1.29, 1.82) is 0 Å². The number of nitrogens with zero attached hydrogens (tertiary/aromatic N) is 1. The maximum absolute atomic E-state index is 10.5. The lowest BCUT2D eigenvalue weighted by Crippen LogP contribution is -2.09. The van der Waals surface area contributed by atoms with Crippen molar-refractivity contribution in [3.63, 3.8) is 0 Å². The first-order chi connectivity index (χ1) is 6.52. The molecule has 0 heterocycles. The van der Waals surface area contributed by atoms with Gasteiger partial charge in [-0.3, -0.25) is 15.4 Å². The standard InChI is InChI=1S/C8H8N2O4/c1-5-6(9-8(11)12)3-2-4-7(5)10(13)14/h2-4,9H,1H3,(H,11,12). The second-order valence-corrected chi connectivity index (χ2v) is 2.64. The molecule has 1 rings (SSSR count). The smallest absolute Gasteiger partial charge is 0.409 e. The van der Waals surface area contributed by atoms with Crippen LogP contribution in [-0.4, -0.2) is 16.1 Å². The van der Waals surface area contributed by atoms with Gasteiger partial charge in [0, 0.05) is 6.07 Å². The van der Waals surface area contributed by atoms with Crippen LogP contribution in [-0.2, 0) is 0 Å². The molecule has 6 nitrogen and oxygen atoms in total. The highest BCUT2D eigenvalue weighted by Crippen LogP contribution is 2.24. The fourth-order valence-electron chi connectivity index (χ4n) is 1.07. The monoisotopic (exact) mass is 196 g/mol.